The number of imide groups is 1. The van der Waals surface area contributed by atoms with E-state index in [2.05, 4.69) is 13.8 Å². The fourth-order valence-corrected chi connectivity index (χ4v) is 6.60. The monoisotopic (exact) mass is 412 g/mol. The van der Waals surface area contributed by atoms with Crippen LogP contribution >= 0.6 is 22.9 Å². The molecule has 2 aromatic rings. The number of thiazole rings is 1. The van der Waals surface area contributed by atoms with Crippen molar-refractivity contribution in [1.82, 2.24) is 4.98 Å². The molecule has 0 unspecified atom stereocenters. The van der Waals surface area contributed by atoms with Gasteiger partial charge in [-0.1, -0.05) is 34.9 Å². The van der Waals surface area contributed by atoms with Crippen LogP contribution in [-0.2, 0) is 9.59 Å². The molecule has 3 fully saturated rings. The second-order valence-electron chi connectivity index (χ2n) is 8.22. The lowest BCUT2D eigenvalue weighted by Gasteiger charge is -2.18. The van der Waals surface area contributed by atoms with Crippen molar-refractivity contribution < 1.29 is 9.59 Å². The Morgan fingerprint density at radius 3 is 2.18 bits per heavy atom. The minimum Gasteiger partial charge on any atom is -0.274 e. The minimum absolute atomic E-state index is 0.0580. The average Bonchev–Trinajstić information content (AvgIpc) is 3.37. The topological polar surface area (TPSA) is 50.3 Å². The molecule has 144 valence electrons. The van der Waals surface area contributed by atoms with E-state index in [9.17, 15) is 9.59 Å². The number of nitrogens with zero attached hydrogens (tertiary/aromatic N) is 2. The van der Waals surface area contributed by atoms with Gasteiger partial charge in [-0.3, -0.25) is 9.59 Å². The van der Waals surface area contributed by atoms with Crippen molar-refractivity contribution in [2.45, 2.75) is 33.6 Å². The minimum atomic E-state index is -0.195. The molecule has 1 saturated heterocycles. The van der Waals surface area contributed by atoms with Gasteiger partial charge in [-0.2, -0.15) is 0 Å². The number of aryl methyl sites for hydroxylation is 1. The van der Waals surface area contributed by atoms with Crippen LogP contribution in [0, 0.1) is 30.6 Å². The third kappa shape index (κ3) is 2.39. The maximum Gasteiger partial charge on any atom is 0.240 e. The first-order valence-electron chi connectivity index (χ1n) is 9.67. The molecule has 28 heavy (non-hydrogen) atoms. The van der Waals surface area contributed by atoms with Gasteiger partial charge in [0.15, 0.2) is 5.13 Å². The summed E-state index contributed by atoms with van der Waals surface area (Å²) < 4.78 is 0. The molecule has 1 aromatic carbocycles. The lowest BCUT2D eigenvalue weighted by Crippen LogP contribution is -2.33. The Labute approximate surface area is 173 Å². The Morgan fingerprint density at radius 1 is 1.07 bits per heavy atom. The van der Waals surface area contributed by atoms with Crippen LogP contribution in [0.1, 0.15) is 31.6 Å². The lowest BCUT2D eigenvalue weighted by atomic mass is 9.81. The van der Waals surface area contributed by atoms with Crippen LogP contribution in [0.3, 0.4) is 0 Å². The van der Waals surface area contributed by atoms with Gasteiger partial charge in [-0.15, -0.1) is 11.3 Å². The molecule has 5 rings (SSSR count). The van der Waals surface area contributed by atoms with Crippen molar-refractivity contribution in [1.29, 1.82) is 0 Å². The van der Waals surface area contributed by atoms with E-state index in [-0.39, 0.29) is 35.5 Å². The van der Waals surface area contributed by atoms with Crippen LogP contribution in [0.15, 0.2) is 35.4 Å². The van der Waals surface area contributed by atoms with Gasteiger partial charge in [0.2, 0.25) is 11.8 Å². The van der Waals surface area contributed by atoms with Gasteiger partial charge in [-0.25, -0.2) is 9.88 Å². The lowest BCUT2D eigenvalue weighted by molar-refractivity contribution is -0.123. The number of aromatic nitrogens is 1. The largest absolute Gasteiger partial charge is 0.274 e. The summed E-state index contributed by atoms with van der Waals surface area (Å²) in [6.45, 7) is 6.19. The summed E-state index contributed by atoms with van der Waals surface area (Å²) in [7, 11) is 0. The molecule has 2 bridgehead atoms. The van der Waals surface area contributed by atoms with Crippen molar-refractivity contribution in [3.63, 3.8) is 0 Å². The zero-order valence-corrected chi connectivity index (χ0v) is 17.6. The van der Waals surface area contributed by atoms with Crippen molar-refractivity contribution in [2.24, 2.45) is 23.7 Å². The molecule has 4 nitrogen and oxygen atoms in total. The number of rotatable bonds is 2. The molecule has 2 heterocycles. The molecule has 2 aliphatic carbocycles. The van der Waals surface area contributed by atoms with Crippen LogP contribution in [0.2, 0.25) is 5.02 Å². The summed E-state index contributed by atoms with van der Waals surface area (Å²) in [5.41, 5.74) is 4.40. The van der Waals surface area contributed by atoms with Gasteiger partial charge < -0.3 is 0 Å². The third-order valence-electron chi connectivity index (χ3n) is 6.52. The van der Waals surface area contributed by atoms with E-state index >= 15 is 0 Å². The molecule has 1 aromatic heterocycles. The van der Waals surface area contributed by atoms with Crippen molar-refractivity contribution in [3.8, 4) is 11.3 Å². The number of halogens is 1. The van der Waals surface area contributed by atoms with Crippen LogP contribution in [-0.4, -0.2) is 16.8 Å². The van der Waals surface area contributed by atoms with E-state index < -0.39 is 0 Å². The number of benzene rings is 1. The van der Waals surface area contributed by atoms with Gasteiger partial charge in [0, 0.05) is 15.5 Å². The molecule has 2 amide bonds. The van der Waals surface area contributed by atoms with E-state index in [1.54, 1.807) is 0 Å². The van der Waals surface area contributed by atoms with E-state index in [1.165, 1.54) is 27.4 Å². The number of carbonyl (C=O) groups is 2. The number of hydrogen-bond donors (Lipinski definition) is 0. The molecule has 0 N–H and O–H groups in total. The van der Waals surface area contributed by atoms with Crippen LogP contribution in [0.4, 0.5) is 5.13 Å². The first-order chi connectivity index (χ1) is 13.4. The zero-order chi connectivity index (χ0) is 19.7. The highest BCUT2D eigenvalue weighted by molar-refractivity contribution is 7.16. The number of hydrogen-bond acceptors (Lipinski definition) is 4. The van der Waals surface area contributed by atoms with Gasteiger partial charge in [0.25, 0.3) is 0 Å². The number of anilines is 1. The summed E-state index contributed by atoms with van der Waals surface area (Å²) in [5, 5.41) is 1.17. The zero-order valence-electron chi connectivity index (χ0n) is 16.0. The molecule has 6 heteroatoms. The Hall–Kier alpha value is -1.98. The van der Waals surface area contributed by atoms with Crippen LogP contribution < -0.4 is 4.90 Å². The molecule has 4 atom stereocenters. The second kappa shape index (κ2) is 6.26. The predicted octanol–water partition coefficient (Wildman–Crippen LogP) is 5.25. The van der Waals surface area contributed by atoms with Crippen molar-refractivity contribution >= 4 is 39.9 Å². The number of fused-ring (bicyclic) bond motifs is 5. The van der Waals surface area contributed by atoms with E-state index in [0.717, 1.165) is 29.0 Å². The molecule has 1 aliphatic heterocycles. The van der Waals surface area contributed by atoms with Crippen LogP contribution in [0.25, 0.3) is 11.3 Å². The quantitative estimate of drug-likeness (QED) is 0.499. The molecular weight excluding hydrogens is 392 g/mol. The fraction of sp³-hybridized carbons (Fsp3) is 0.409. The second-order valence-corrected chi connectivity index (χ2v) is 9.84. The Kier molecular flexibility index (Phi) is 4.04. The third-order valence-corrected chi connectivity index (χ3v) is 7.73. The molecule has 0 spiro atoms. The molecule has 3 aliphatic rings. The summed E-state index contributed by atoms with van der Waals surface area (Å²) in [6, 6.07) is 7.48. The van der Waals surface area contributed by atoms with E-state index in [0.29, 0.717) is 10.2 Å². The fourth-order valence-electron chi connectivity index (χ4n) is 5.53. The summed E-state index contributed by atoms with van der Waals surface area (Å²) in [5.74, 6) is -0.0372. The average molecular weight is 413 g/mol. The molecular formula is C22H21ClN2O2S. The molecule has 0 radical (unpaired) electrons. The smallest absolute Gasteiger partial charge is 0.240 e. The Morgan fingerprint density at radius 2 is 1.64 bits per heavy atom. The predicted molar refractivity (Wildman–Crippen MR) is 111 cm³/mol. The SMILES string of the molecule is CC(C)=C1[C@H]2CC[C@@H]1[C@@H]1C(=O)N(c3nc(-c4ccc(Cl)cc4)c(C)s3)C(=O)[C@H]12. The molecule has 2 saturated carbocycles. The maximum atomic E-state index is 13.3. The summed E-state index contributed by atoms with van der Waals surface area (Å²) >= 11 is 7.40. The highest BCUT2D eigenvalue weighted by Gasteiger charge is 2.64. The first kappa shape index (κ1) is 18.1. The Bertz CT molecular complexity index is 1000. The van der Waals surface area contributed by atoms with Crippen molar-refractivity contribution in [2.75, 3.05) is 4.90 Å². The summed E-state index contributed by atoms with van der Waals surface area (Å²) in [6.07, 6.45) is 2.04. The van der Waals surface area contributed by atoms with Gasteiger partial charge in [0.05, 0.1) is 17.5 Å². The Balaban J connectivity index is 1.52. The highest BCUT2D eigenvalue weighted by atomic mass is 35.5. The summed E-state index contributed by atoms with van der Waals surface area (Å²) in [4.78, 5) is 33.6. The maximum absolute atomic E-state index is 13.3. The standard InChI is InChI=1S/C22H21ClN2O2S/c1-10(2)16-14-8-9-15(16)18-17(14)20(26)25(21(18)27)22-24-19(11(3)28-22)12-4-6-13(23)7-5-12/h4-7,14-15,17-18H,8-9H2,1-3H3/t14-,15+,17-,18-/m0/s1. The van der Waals surface area contributed by atoms with E-state index in [1.807, 2.05) is 31.2 Å². The van der Waals surface area contributed by atoms with Gasteiger partial charge >= 0.3 is 0 Å². The van der Waals surface area contributed by atoms with Gasteiger partial charge in [-0.05, 0) is 57.6 Å². The van der Waals surface area contributed by atoms with E-state index in [4.69, 9.17) is 16.6 Å². The number of amides is 2. The van der Waals surface area contributed by atoms with Crippen LogP contribution in [0.5, 0.6) is 0 Å². The highest BCUT2D eigenvalue weighted by Crippen LogP contribution is 2.60. The first-order valence-corrected chi connectivity index (χ1v) is 10.9. The van der Waals surface area contributed by atoms with Crippen molar-refractivity contribution in [3.05, 3.63) is 45.3 Å². The van der Waals surface area contributed by atoms with Gasteiger partial charge in [0.1, 0.15) is 0 Å². The number of allylic oxidation sites excluding steroid dienone is 2. The normalized spacial score (nSPS) is 28.4. The number of carbonyl (C=O) groups excluding carboxylic acids is 2.